The standard InChI is InChI=1S/C7H6BrClN2O2/c8-5-1-6(10-11-7(5)9)13-4-2-12-3-4/h1,4H,2-3H2. The Labute approximate surface area is 88.3 Å². The summed E-state index contributed by atoms with van der Waals surface area (Å²) in [5.74, 6) is 0.463. The molecule has 0 radical (unpaired) electrons. The molecule has 6 heteroatoms. The van der Waals surface area contributed by atoms with Gasteiger partial charge in [-0.3, -0.25) is 0 Å². The molecule has 1 aliphatic rings. The van der Waals surface area contributed by atoms with Crippen molar-refractivity contribution in [1.82, 2.24) is 10.2 Å². The number of ether oxygens (including phenoxy) is 2. The van der Waals surface area contributed by atoms with Crippen LogP contribution in [0.2, 0.25) is 5.15 Å². The van der Waals surface area contributed by atoms with Crippen LogP contribution in [-0.4, -0.2) is 29.5 Å². The van der Waals surface area contributed by atoms with E-state index < -0.39 is 0 Å². The van der Waals surface area contributed by atoms with Crippen molar-refractivity contribution in [3.05, 3.63) is 15.7 Å². The van der Waals surface area contributed by atoms with Gasteiger partial charge in [-0.25, -0.2) is 0 Å². The van der Waals surface area contributed by atoms with Crippen LogP contribution in [0, 0.1) is 0 Å². The van der Waals surface area contributed by atoms with Gasteiger partial charge >= 0.3 is 0 Å². The zero-order valence-electron chi connectivity index (χ0n) is 6.54. The Hall–Kier alpha value is -0.390. The molecule has 0 unspecified atom stereocenters. The maximum Gasteiger partial charge on any atom is 0.235 e. The molecule has 0 bridgehead atoms. The Kier molecular flexibility index (Phi) is 2.66. The van der Waals surface area contributed by atoms with E-state index in [1.165, 1.54) is 0 Å². The predicted octanol–water partition coefficient (Wildman–Crippen LogP) is 1.67. The Morgan fingerprint density at radius 2 is 2.31 bits per heavy atom. The zero-order chi connectivity index (χ0) is 9.26. The lowest BCUT2D eigenvalue weighted by molar-refractivity contribution is -0.0816. The van der Waals surface area contributed by atoms with Crippen LogP contribution in [0.5, 0.6) is 5.88 Å². The van der Waals surface area contributed by atoms with Crippen LogP contribution in [0.4, 0.5) is 0 Å². The van der Waals surface area contributed by atoms with E-state index in [-0.39, 0.29) is 6.10 Å². The molecule has 0 N–H and O–H groups in total. The molecule has 4 nitrogen and oxygen atoms in total. The summed E-state index contributed by atoms with van der Waals surface area (Å²) in [5, 5.41) is 7.79. The first-order valence-electron chi connectivity index (χ1n) is 3.69. The lowest BCUT2D eigenvalue weighted by Crippen LogP contribution is -2.38. The number of hydrogen-bond acceptors (Lipinski definition) is 4. The first-order valence-corrected chi connectivity index (χ1v) is 4.86. The Morgan fingerprint density at radius 3 is 2.85 bits per heavy atom. The van der Waals surface area contributed by atoms with Crippen LogP contribution >= 0.6 is 27.5 Å². The normalized spacial score (nSPS) is 16.8. The molecule has 2 rings (SSSR count). The highest BCUT2D eigenvalue weighted by molar-refractivity contribution is 9.10. The van der Waals surface area contributed by atoms with E-state index in [1.807, 2.05) is 0 Å². The van der Waals surface area contributed by atoms with Crippen molar-refractivity contribution in [2.75, 3.05) is 13.2 Å². The first-order chi connectivity index (χ1) is 6.25. The van der Waals surface area contributed by atoms with Gasteiger partial charge in [0.2, 0.25) is 5.88 Å². The van der Waals surface area contributed by atoms with Crippen LogP contribution in [0.15, 0.2) is 10.5 Å². The molecule has 0 amide bonds. The van der Waals surface area contributed by atoms with Gasteiger partial charge in [0.25, 0.3) is 0 Å². The van der Waals surface area contributed by atoms with Gasteiger partial charge in [0.05, 0.1) is 17.7 Å². The fraction of sp³-hybridized carbons (Fsp3) is 0.429. The van der Waals surface area contributed by atoms with E-state index >= 15 is 0 Å². The number of halogens is 2. The number of rotatable bonds is 2. The maximum absolute atomic E-state index is 5.66. The maximum atomic E-state index is 5.66. The topological polar surface area (TPSA) is 44.2 Å². The molecule has 13 heavy (non-hydrogen) atoms. The monoisotopic (exact) mass is 264 g/mol. The van der Waals surface area contributed by atoms with Crippen molar-refractivity contribution in [3.8, 4) is 5.88 Å². The molecule has 0 saturated carbocycles. The Bertz CT molecular complexity index is 319. The third-order valence-corrected chi connectivity index (χ3v) is 2.69. The summed E-state index contributed by atoms with van der Waals surface area (Å²) in [5.41, 5.74) is 0. The first kappa shape index (κ1) is 9.18. The fourth-order valence-electron chi connectivity index (χ4n) is 0.848. The molecular formula is C7H6BrClN2O2. The number of aromatic nitrogens is 2. The third-order valence-electron chi connectivity index (χ3n) is 1.58. The molecule has 0 aromatic carbocycles. The highest BCUT2D eigenvalue weighted by atomic mass is 79.9. The van der Waals surface area contributed by atoms with Crippen LogP contribution < -0.4 is 4.74 Å². The Balaban J connectivity index is 2.07. The van der Waals surface area contributed by atoms with Crippen LogP contribution in [0.1, 0.15) is 0 Å². The second-order valence-electron chi connectivity index (χ2n) is 2.60. The van der Waals surface area contributed by atoms with E-state index in [9.17, 15) is 0 Å². The van der Waals surface area contributed by atoms with E-state index in [0.29, 0.717) is 28.7 Å². The van der Waals surface area contributed by atoms with Gasteiger partial charge in [-0.05, 0) is 15.9 Å². The van der Waals surface area contributed by atoms with E-state index in [2.05, 4.69) is 26.1 Å². The highest BCUT2D eigenvalue weighted by Gasteiger charge is 2.21. The zero-order valence-corrected chi connectivity index (χ0v) is 8.88. The predicted molar refractivity (Wildman–Crippen MR) is 50.0 cm³/mol. The van der Waals surface area contributed by atoms with Crippen molar-refractivity contribution < 1.29 is 9.47 Å². The second kappa shape index (κ2) is 3.77. The molecule has 70 valence electrons. The van der Waals surface area contributed by atoms with Crippen LogP contribution in [-0.2, 0) is 4.74 Å². The molecule has 0 atom stereocenters. The van der Waals surface area contributed by atoms with Crippen LogP contribution in [0.3, 0.4) is 0 Å². The van der Waals surface area contributed by atoms with Gasteiger partial charge in [-0.2, -0.15) is 0 Å². The molecule has 0 spiro atoms. The minimum absolute atomic E-state index is 0.0994. The summed E-state index contributed by atoms with van der Waals surface area (Å²) in [7, 11) is 0. The third kappa shape index (κ3) is 2.10. The quantitative estimate of drug-likeness (QED) is 0.816. The number of hydrogen-bond donors (Lipinski definition) is 0. The summed E-state index contributed by atoms with van der Waals surface area (Å²) in [4.78, 5) is 0. The summed E-state index contributed by atoms with van der Waals surface area (Å²) in [6.07, 6.45) is 0.0994. The van der Waals surface area contributed by atoms with Gasteiger partial charge in [-0.1, -0.05) is 11.6 Å². The SMILES string of the molecule is Clc1nnc(OC2COC2)cc1Br. The lowest BCUT2D eigenvalue weighted by Gasteiger charge is -2.25. The summed E-state index contributed by atoms with van der Waals surface area (Å²) in [6, 6.07) is 1.69. The molecule has 2 heterocycles. The summed E-state index contributed by atoms with van der Waals surface area (Å²) >= 11 is 8.89. The molecule has 1 saturated heterocycles. The fourth-order valence-corrected chi connectivity index (χ4v) is 1.22. The van der Waals surface area contributed by atoms with Crippen molar-refractivity contribution in [1.29, 1.82) is 0 Å². The van der Waals surface area contributed by atoms with E-state index in [1.54, 1.807) is 6.07 Å². The highest BCUT2D eigenvalue weighted by Crippen LogP contribution is 2.23. The average Bonchev–Trinajstić information content (AvgIpc) is 2.04. The van der Waals surface area contributed by atoms with Gasteiger partial charge in [-0.15, -0.1) is 10.2 Å². The molecule has 1 aromatic rings. The Morgan fingerprint density at radius 1 is 1.54 bits per heavy atom. The van der Waals surface area contributed by atoms with E-state index in [0.717, 1.165) is 0 Å². The lowest BCUT2D eigenvalue weighted by atomic mass is 10.3. The van der Waals surface area contributed by atoms with Gasteiger partial charge < -0.3 is 9.47 Å². The molecule has 0 aliphatic carbocycles. The smallest absolute Gasteiger partial charge is 0.235 e. The summed E-state index contributed by atoms with van der Waals surface area (Å²) < 4.78 is 11.0. The molecular weight excluding hydrogens is 259 g/mol. The van der Waals surface area contributed by atoms with E-state index in [4.69, 9.17) is 21.1 Å². The van der Waals surface area contributed by atoms with Crippen LogP contribution in [0.25, 0.3) is 0 Å². The minimum atomic E-state index is 0.0994. The van der Waals surface area contributed by atoms with Crippen molar-refractivity contribution in [3.63, 3.8) is 0 Å². The molecule has 1 aliphatic heterocycles. The molecule has 1 fully saturated rings. The summed E-state index contributed by atoms with van der Waals surface area (Å²) in [6.45, 7) is 1.23. The van der Waals surface area contributed by atoms with Crippen molar-refractivity contribution >= 4 is 27.5 Å². The molecule has 1 aromatic heterocycles. The van der Waals surface area contributed by atoms with Crippen molar-refractivity contribution in [2.45, 2.75) is 6.10 Å². The van der Waals surface area contributed by atoms with Gasteiger partial charge in [0.1, 0.15) is 6.10 Å². The van der Waals surface area contributed by atoms with Gasteiger partial charge in [0, 0.05) is 6.07 Å². The minimum Gasteiger partial charge on any atom is -0.468 e. The number of nitrogens with zero attached hydrogens (tertiary/aromatic N) is 2. The second-order valence-corrected chi connectivity index (χ2v) is 3.81. The average molecular weight is 265 g/mol. The van der Waals surface area contributed by atoms with Crippen molar-refractivity contribution in [2.24, 2.45) is 0 Å². The largest absolute Gasteiger partial charge is 0.468 e. The van der Waals surface area contributed by atoms with Gasteiger partial charge in [0.15, 0.2) is 5.15 Å².